The van der Waals surface area contributed by atoms with E-state index in [0.717, 1.165) is 15.9 Å². The van der Waals surface area contributed by atoms with Crippen LogP contribution in [0.25, 0.3) is 0 Å². The average Bonchev–Trinajstić information content (AvgIpc) is 2.90. The highest BCUT2D eigenvalue weighted by molar-refractivity contribution is 9.10. The fraction of sp³-hybridized carbons (Fsp3) is 0.286. The first-order valence-electron chi connectivity index (χ1n) is 6.17. The molecule has 1 aromatic carbocycles. The Kier molecular flexibility index (Phi) is 3.25. The Morgan fingerprint density at radius 1 is 1.50 bits per heavy atom. The SMILES string of the molecule is Cc1nn(C)c(COc2ccc3c(c2)OCC3=O)c1Br. The lowest BCUT2D eigenvalue weighted by molar-refractivity contribution is 0.0961. The zero-order valence-electron chi connectivity index (χ0n) is 11.1. The van der Waals surface area contributed by atoms with E-state index in [0.29, 0.717) is 23.7 Å². The number of ether oxygens (including phenoxy) is 2. The average molecular weight is 337 g/mol. The molecule has 0 saturated carbocycles. The van der Waals surface area contributed by atoms with Crippen LogP contribution in [0.4, 0.5) is 0 Å². The van der Waals surface area contributed by atoms with Crippen LogP contribution in [0.2, 0.25) is 0 Å². The van der Waals surface area contributed by atoms with Gasteiger partial charge in [0.25, 0.3) is 0 Å². The molecule has 0 saturated heterocycles. The number of aryl methyl sites for hydroxylation is 2. The van der Waals surface area contributed by atoms with Crippen molar-refractivity contribution >= 4 is 21.7 Å². The summed E-state index contributed by atoms with van der Waals surface area (Å²) in [4.78, 5) is 11.5. The van der Waals surface area contributed by atoms with Crippen molar-refractivity contribution in [2.24, 2.45) is 7.05 Å². The molecule has 6 heteroatoms. The van der Waals surface area contributed by atoms with Crippen LogP contribution in [0.5, 0.6) is 11.5 Å². The monoisotopic (exact) mass is 336 g/mol. The van der Waals surface area contributed by atoms with E-state index in [1.54, 1.807) is 22.9 Å². The van der Waals surface area contributed by atoms with E-state index < -0.39 is 0 Å². The summed E-state index contributed by atoms with van der Waals surface area (Å²) in [6.07, 6.45) is 0. The van der Waals surface area contributed by atoms with Crippen molar-refractivity contribution in [2.45, 2.75) is 13.5 Å². The van der Waals surface area contributed by atoms with E-state index in [1.807, 2.05) is 14.0 Å². The van der Waals surface area contributed by atoms with Gasteiger partial charge in [0.05, 0.1) is 21.4 Å². The van der Waals surface area contributed by atoms with Gasteiger partial charge in [0.2, 0.25) is 5.78 Å². The zero-order chi connectivity index (χ0) is 14.3. The van der Waals surface area contributed by atoms with Crippen molar-refractivity contribution in [1.29, 1.82) is 0 Å². The Morgan fingerprint density at radius 2 is 2.30 bits per heavy atom. The van der Waals surface area contributed by atoms with Gasteiger partial charge in [-0.15, -0.1) is 0 Å². The second kappa shape index (κ2) is 4.94. The van der Waals surface area contributed by atoms with Gasteiger partial charge in [0.15, 0.2) is 6.61 Å². The number of fused-ring (bicyclic) bond motifs is 1. The minimum atomic E-state index is 0.0107. The molecule has 2 aromatic rings. The molecule has 1 aliphatic heterocycles. The van der Waals surface area contributed by atoms with Crippen molar-refractivity contribution in [3.63, 3.8) is 0 Å². The number of Topliss-reactive ketones (excluding diaryl/α,β-unsaturated/α-hetero) is 1. The molecule has 3 rings (SSSR count). The molecule has 104 valence electrons. The molecule has 20 heavy (non-hydrogen) atoms. The van der Waals surface area contributed by atoms with E-state index in [-0.39, 0.29) is 12.4 Å². The van der Waals surface area contributed by atoms with E-state index >= 15 is 0 Å². The van der Waals surface area contributed by atoms with E-state index in [1.165, 1.54) is 0 Å². The highest BCUT2D eigenvalue weighted by Gasteiger charge is 2.21. The lowest BCUT2D eigenvalue weighted by atomic mass is 10.1. The van der Waals surface area contributed by atoms with Crippen LogP contribution in [0.3, 0.4) is 0 Å². The van der Waals surface area contributed by atoms with Crippen LogP contribution >= 0.6 is 15.9 Å². The number of benzene rings is 1. The summed E-state index contributed by atoms with van der Waals surface area (Å²) in [6, 6.07) is 5.27. The Hall–Kier alpha value is -1.82. The molecule has 0 unspecified atom stereocenters. The summed E-state index contributed by atoms with van der Waals surface area (Å²) >= 11 is 3.50. The van der Waals surface area contributed by atoms with Crippen molar-refractivity contribution in [1.82, 2.24) is 9.78 Å². The number of hydrogen-bond acceptors (Lipinski definition) is 4. The standard InChI is InChI=1S/C14H13BrN2O3/c1-8-14(15)11(17(2)16-8)6-19-9-3-4-10-12(18)7-20-13(10)5-9/h3-5H,6-7H2,1-2H3. The number of hydrogen-bond donors (Lipinski definition) is 0. The molecule has 0 N–H and O–H groups in total. The Morgan fingerprint density at radius 3 is 3.00 bits per heavy atom. The molecule has 5 nitrogen and oxygen atoms in total. The van der Waals surface area contributed by atoms with Crippen molar-refractivity contribution < 1.29 is 14.3 Å². The maximum atomic E-state index is 11.5. The molecule has 1 aliphatic rings. The minimum Gasteiger partial charge on any atom is -0.487 e. The molecule has 2 heterocycles. The molecule has 0 amide bonds. The molecule has 0 spiro atoms. The van der Waals surface area contributed by atoms with Gasteiger partial charge in [-0.05, 0) is 35.0 Å². The zero-order valence-corrected chi connectivity index (χ0v) is 12.7. The first-order chi connectivity index (χ1) is 9.56. The normalized spacial score (nSPS) is 13.2. The van der Waals surface area contributed by atoms with E-state index in [4.69, 9.17) is 9.47 Å². The lowest BCUT2D eigenvalue weighted by Crippen LogP contribution is -2.03. The maximum absolute atomic E-state index is 11.5. The summed E-state index contributed by atoms with van der Waals surface area (Å²) in [5, 5.41) is 4.31. The van der Waals surface area contributed by atoms with Crippen molar-refractivity contribution in [2.75, 3.05) is 6.61 Å². The summed E-state index contributed by atoms with van der Waals surface area (Å²) in [5.74, 6) is 1.27. The fourth-order valence-electron chi connectivity index (χ4n) is 2.15. The Labute approximate surface area is 124 Å². The fourth-order valence-corrected chi connectivity index (χ4v) is 2.60. The number of carbonyl (C=O) groups excluding carboxylic acids is 1. The highest BCUT2D eigenvalue weighted by atomic mass is 79.9. The third-order valence-corrected chi connectivity index (χ3v) is 4.28. The summed E-state index contributed by atoms with van der Waals surface area (Å²) in [7, 11) is 1.88. The quantitative estimate of drug-likeness (QED) is 0.864. The van der Waals surface area contributed by atoms with Gasteiger partial charge < -0.3 is 9.47 Å². The molecule has 0 fully saturated rings. The third kappa shape index (κ3) is 2.20. The number of nitrogens with zero attached hydrogens (tertiary/aromatic N) is 2. The van der Waals surface area contributed by atoms with Crippen molar-refractivity contribution in [3.05, 3.63) is 39.6 Å². The maximum Gasteiger partial charge on any atom is 0.203 e. The van der Waals surface area contributed by atoms with Gasteiger partial charge in [-0.2, -0.15) is 5.10 Å². The lowest BCUT2D eigenvalue weighted by Gasteiger charge is -2.08. The summed E-state index contributed by atoms with van der Waals surface area (Å²) in [6.45, 7) is 2.44. The summed E-state index contributed by atoms with van der Waals surface area (Å²) in [5.41, 5.74) is 2.50. The second-order valence-electron chi connectivity index (χ2n) is 4.63. The number of ketones is 1. The Balaban J connectivity index is 1.78. The summed E-state index contributed by atoms with van der Waals surface area (Å²) < 4.78 is 13.8. The molecular weight excluding hydrogens is 324 g/mol. The van der Waals surface area contributed by atoms with Crippen LogP contribution in [0, 0.1) is 6.92 Å². The number of halogens is 1. The topological polar surface area (TPSA) is 53.4 Å². The van der Waals surface area contributed by atoms with E-state index in [2.05, 4.69) is 21.0 Å². The van der Waals surface area contributed by atoms with Gasteiger partial charge in [-0.1, -0.05) is 0 Å². The smallest absolute Gasteiger partial charge is 0.203 e. The number of rotatable bonds is 3. The Bertz CT molecular complexity index is 694. The van der Waals surface area contributed by atoms with Gasteiger partial charge >= 0.3 is 0 Å². The predicted molar refractivity (Wildman–Crippen MR) is 76.2 cm³/mol. The van der Waals surface area contributed by atoms with Crippen LogP contribution in [-0.2, 0) is 13.7 Å². The molecule has 0 atom stereocenters. The number of carbonyl (C=O) groups is 1. The molecular formula is C14H13BrN2O3. The van der Waals surface area contributed by atoms with Crippen LogP contribution in [-0.4, -0.2) is 22.2 Å². The van der Waals surface area contributed by atoms with Gasteiger partial charge in [0.1, 0.15) is 18.1 Å². The first kappa shape index (κ1) is 13.2. The predicted octanol–water partition coefficient (Wildman–Crippen LogP) is 2.65. The van der Waals surface area contributed by atoms with Crippen LogP contribution < -0.4 is 9.47 Å². The van der Waals surface area contributed by atoms with E-state index in [9.17, 15) is 4.79 Å². The molecule has 0 radical (unpaired) electrons. The van der Waals surface area contributed by atoms with Crippen LogP contribution in [0.15, 0.2) is 22.7 Å². The van der Waals surface area contributed by atoms with Crippen LogP contribution in [0.1, 0.15) is 21.7 Å². The second-order valence-corrected chi connectivity index (χ2v) is 5.42. The third-order valence-electron chi connectivity index (χ3n) is 3.25. The number of aromatic nitrogens is 2. The molecule has 0 aliphatic carbocycles. The van der Waals surface area contributed by atoms with Crippen molar-refractivity contribution in [3.8, 4) is 11.5 Å². The first-order valence-corrected chi connectivity index (χ1v) is 6.96. The largest absolute Gasteiger partial charge is 0.487 e. The highest BCUT2D eigenvalue weighted by Crippen LogP contribution is 2.30. The van der Waals surface area contributed by atoms with Gasteiger partial charge in [0, 0.05) is 13.1 Å². The molecule has 0 bridgehead atoms. The molecule has 1 aromatic heterocycles. The van der Waals surface area contributed by atoms with Gasteiger partial charge in [-0.25, -0.2) is 0 Å². The van der Waals surface area contributed by atoms with Gasteiger partial charge in [-0.3, -0.25) is 9.48 Å². The minimum absolute atomic E-state index is 0.0107.